The fourth-order valence-electron chi connectivity index (χ4n) is 1.79. The molecule has 0 radical (unpaired) electrons. The number of ether oxygens (including phenoxy) is 1. The van der Waals surface area contributed by atoms with E-state index in [1.165, 1.54) is 12.0 Å². The Morgan fingerprint density at radius 1 is 1.38 bits per heavy atom. The maximum Gasteiger partial charge on any atom is 0.120 e. The first-order valence-corrected chi connectivity index (χ1v) is 6.61. The number of halogens is 1. The minimum atomic E-state index is 0.412. The molecule has 1 unspecified atom stereocenters. The van der Waals surface area contributed by atoms with Crippen molar-refractivity contribution in [3.63, 3.8) is 0 Å². The molecule has 0 saturated carbocycles. The Hall–Kier alpha value is -0.540. The van der Waals surface area contributed by atoms with Crippen molar-refractivity contribution in [3.8, 4) is 5.75 Å². The minimum Gasteiger partial charge on any atom is -0.494 e. The Balaban J connectivity index is 2.87. The van der Waals surface area contributed by atoms with Gasteiger partial charge in [-0.2, -0.15) is 0 Å². The summed E-state index contributed by atoms with van der Waals surface area (Å²) in [5.41, 5.74) is 1.30. The van der Waals surface area contributed by atoms with E-state index < -0.39 is 0 Å². The summed E-state index contributed by atoms with van der Waals surface area (Å²) >= 11 is 3.61. The van der Waals surface area contributed by atoms with E-state index in [2.05, 4.69) is 34.2 Å². The van der Waals surface area contributed by atoms with Gasteiger partial charge in [-0.25, -0.2) is 0 Å². The summed E-state index contributed by atoms with van der Waals surface area (Å²) in [5.74, 6) is 0.921. The van der Waals surface area contributed by atoms with Crippen LogP contribution in [0.3, 0.4) is 0 Å². The van der Waals surface area contributed by atoms with Gasteiger partial charge in [-0.05, 0) is 38.1 Å². The first-order valence-electron chi connectivity index (χ1n) is 5.82. The van der Waals surface area contributed by atoms with Crippen LogP contribution in [0, 0.1) is 0 Å². The van der Waals surface area contributed by atoms with Crippen LogP contribution in [-0.2, 0) is 0 Å². The molecule has 1 atom stereocenters. The van der Waals surface area contributed by atoms with Crippen LogP contribution in [-0.4, -0.2) is 13.7 Å². The quantitative estimate of drug-likeness (QED) is 0.856. The lowest BCUT2D eigenvalue weighted by Crippen LogP contribution is -2.16. The topological polar surface area (TPSA) is 21.3 Å². The Morgan fingerprint density at radius 2 is 2.12 bits per heavy atom. The van der Waals surface area contributed by atoms with Gasteiger partial charge in [0.15, 0.2) is 0 Å². The Morgan fingerprint density at radius 3 is 2.62 bits per heavy atom. The molecule has 90 valence electrons. The third-order valence-electron chi connectivity index (χ3n) is 2.58. The average Bonchev–Trinajstić information content (AvgIpc) is 2.27. The fraction of sp³-hybridized carbons (Fsp3) is 0.538. The predicted octanol–water partition coefficient (Wildman–Crippen LogP) is 3.91. The normalized spacial score (nSPS) is 12.5. The van der Waals surface area contributed by atoms with E-state index in [-0.39, 0.29) is 0 Å². The number of nitrogens with one attached hydrogen (secondary N) is 1. The molecule has 0 fully saturated rings. The predicted molar refractivity (Wildman–Crippen MR) is 72.0 cm³/mol. The highest BCUT2D eigenvalue weighted by molar-refractivity contribution is 9.10. The van der Waals surface area contributed by atoms with Crippen molar-refractivity contribution in [1.82, 2.24) is 5.32 Å². The lowest BCUT2D eigenvalue weighted by atomic mass is 10.0. The minimum absolute atomic E-state index is 0.412. The van der Waals surface area contributed by atoms with E-state index in [9.17, 15) is 0 Å². The average molecular weight is 286 g/mol. The monoisotopic (exact) mass is 285 g/mol. The second kappa shape index (κ2) is 6.92. The van der Waals surface area contributed by atoms with Crippen LogP contribution < -0.4 is 10.1 Å². The number of rotatable bonds is 6. The van der Waals surface area contributed by atoms with Crippen LogP contribution in [0.4, 0.5) is 0 Å². The van der Waals surface area contributed by atoms with Crippen molar-refractivity contribution in [1.29, 1.82) is 0 Å². The molecule has 0 aliphatic carbocycles. The van der Waals surface area contributed by atoms with Gasteiger partial charge in [-0.1, -0.05) is 35.3 Å². The molecule has 0 spiro atoms. The number of hydrogen-bond donors (Lipinski definition) is 1. The summed E-state index contributed by atoms with van der Waals surface area (Å²) in [4.78, 5) is 0. The van der Waals surface area contributed by atoms with Crippen LogP contribution >= 0.6 is 15.9 Å². The molecule has 3 heteroatoms. The zero-order valence-corrected chi connectivity index (χ0v) is 11.8. The molecule has 1 N–H and O–H groups in total. The maximum absolute atomic E-state index is 5.46. The molecule has 0 saturated heterocycles. The van der Waals surface area contributed by atoms with Crippen LogP contribution in [0.5, 0.6) is 5.75 Å². The molecule has 1 aromatic rings. The van der Waals surface area contributed by atoms with E-state index in [0.29, 0.717) is 12.6 Å². The molecule has 16 heavy (non-hydrogen) atoms. The van der Waals surface area contributed by atoms with Gasteiger partial charge in [0.2, 0.25) is 0 Å². The fourth-order valence-corrected chi connectivity index (χ4v) is 2.43. The van der Waals surface area contributed by atoms with Gasteiger partial charge in [0.1, 0.15) is 5.75 Å². The van der Waals surface area contributed by atoms with E-state index in [1.807, 2.05) is 26.1 Å². The third-order valence-corrected chi connectivity index (χ3v) is 3.27. The molecule has 1 rings (SSSR count). The summed E-state index contributed by atoms with van der Waals surface area (Å²) in [6.07, 6.45) is 2.31. The van der Waals surface area contributed by atoms with E-state index in [0.717, 1.165) is 16.6 Å². The highest BCUT2D eigenvalue weighted by Crippen LogP contribution is 2.29. The largest absolute Gasteiger partial charge is 0.494 e. The molecule has 0 bridgehead atoms. The van der Waals surface area contributed by atoms with Crippen molar-refractivity contribution in [2.24, 2.45) is 0 Å². The second-order valence-corrected chi connectivity index (χ2v) is 4.60. The lowest BCUT2D eigenvalue weighted by molar-refractivity contribution is 0.339. The van der Waals surface area contributed by atoms with Gasteiger partial charge in [-0.3, -0.25) is 0 Å². The second-order valence-electron chi connectivity index (χ2n) is 3.75. The first kappa shape index (κ1) is 13.5. The smallest absolute Gasteiger partial charge is 0.120 e. The van der Waals surface area contributed by atoms with Gasteiger partial charge in [0, 0.05) is 10.5 Å². The summed E-state index contributed by atoms with van der Waals surface area (Å²) in [6, 6.07) is 6.61. The Bertz CT molecular complexity index is 328. The summed E-state index contributed by atoms with van der Waals surface area (Å²) in [5, 5.41) is 3.34. The van der Waals surface area contributed by atoms with Crippen molar-refractivity contribution in [2.45, 2.75) is 32.7 Å². The highest BCUT2D eigenvalue weighted by atomic mass is 79.9. The van der Waals surface area contributed by atoms with E-state index in [1.54, 1.807) is 0 Å². The summed E-state index contributed by atoms with van der Waals surface area (Å²) in [7, 11) is 2.00. The van der Waals surface area contributed by atoms with Crippen molar-refractivity contribution in [3.05, 3.63) is 28.2 Å². The van der Waals surface area contributed by atoms with Gasteiger partial charge < -0.3 is 10.1 Å². The van der Waals surface area contributed by atoms with Crippen LogP contribution in [0.1, 0.15) is 38.3 Å². The molecule has 0 aromatic heterocycles. The number of hydrogen-bond acceptors (Lipinski definition) is 2. The molecule has 1 aromatic carbocycles. The standard InChI is InChI=1S/C13H20BrNO/c1-4-6-13(15-3)11-8-7-10(16-5-2)9-12(11)14/h7-9,13,15H,4-6H2,1-3H3. The lowest BCUT2D eigenvalue weighted by Gasteiger charge is -2.18. The molecule has 0 aliphatic rings. The molecule has 0 aliphatic heterocycles. The highest BCUT2D eigenvalue weighted by Gasteiger charge is 2.12. The number of benzene rings is 1. The maximum atomic E-state index is 5.46. The molecule has 0 amide bonds. The van der Waals surface area contributed by atoms with Crippen molar-refractivity contribution in [2.75, 3.05) is 13.7 Å². The Kier molecular flexibility index (Phi) is 5.85. The van der Waals surface area contributed by atoms with Gasteiger partial charge in [-0.15, -0.1) is 0 Å². The van der Waals surface area contributed by atoms with Crippen molar-refractivity contribution >= 4 is 15.9 Å². The van der Waals surface area contributed by atoms with Gasteiger partial charge in [0.25, 0.3) is 0 Å². The molecular formula is C13H20BrNO. The molecule has 0 heterocycles. The SMILES string of the molecule is CCCC(NC)c1ccc(OCC)cc1Br. The van der Waals surface area contributed by atoms with E-state index in [4.69, 9.17) is 4.74 Å². The van der Waals surface area contributed by atoms with Crippen LogP contribution in [0.25, 0.3) is 0 Å². The van der Waals surface area contributed by atoms with Crippen LogP contribution in [0.15, 0.2) is 22.7 Å². The van der Waals surface area contributed by atoms with E-state index >= 15 is 0 Å². The zero-order chi connectivity index (χ0) is 12.0. The summed E-state index contributed by atoms with van der Waals surface area (Å²) < 4.78 is 6.58. The molecular weight excluding hydrogens is 266 g/mol. The first-order chi connectivity index (χ1) is 7.72. The molecule has 2 nitrogen and oxygen atoms in total. The van der Waals surface area contributed by atoms with Gasteiger partial charge in [0.05, 0.1) is 6.61 Å². The van der Waals surface area contributed by atoms with Crippen molar-refractivity contribution < 1.29 is 4.74 Å². The third kappa shape index (κ3) is 3.49. The zero-order valence-electron chi connectivity index (χ0n) is 10.2. The van der Waals surface area contributed by atoms with Gasteiger partial charge >= 0.3 is 0 Å². The summed E-state index contributed by atoms with van der Waals surface area (Å²) in [6.45, 7) is 4.90. The Labute approximate surface area is 107 Å². The van der Waals surface area contributed by atoms with Crippen LogP contribution in [0.2, 0.25) is 0 Å².